The van der Waals surface area contributed by atoms with Gasteiger partial charge in [0.2, 0.25) is 0 Å². The van der Waals surface area contributed by atoms with Crippen molar-refractivity contribution in [2.75, 3.05) is 13.2 Å². The zero-order valence-corrected chi connectivity index (χ0v) is 39.3. The number of esters is 3. The predicted molar refractivity (Wildman–Crippen MR) is 252 cm³/mol. The summed E-state index contributed by atoms with van der Waals surface area (Å²) in [6, 6.07) is 0. The van der Waals surface area contributed by atoms with Crippen LogP contribution in [-0.2, 0) is 28.6 Å². The van der Waals surface area contributed by atoms with Crippen molar-refractivity contribution in [1.29, 1.82) is 0 Å². The fraction of sp³-hybridized carbons (Fsp3) is 0.830. The normalized spacial score (nSPS) is 12.3. The summed E-state index contributed by atoms with van der Waals surface area (Å²) in [4.78, 5) is 37.9. The Balaban J connectivity index is 4.36. The van der Waals surface area contributed by atoms with E-state index in [1.807, 2.05) is 0 Å². The van der Waals surface area contributed by atoms with Crippen LogP contribution in [0.3, 0.4) is 0 Å². The van der Waals surface area contributed by atoms with E-state index in [1.54, 1.807) is 0 Å². The maximum atomic E-state index is 12.7. The van der Waals surface area contributed by atoms with Gasteiger partial charge in [-0.2, -0.15) is 0 Å². The lowest BCUT2D eigenvalue weighted by molar-refractivity contribution is -0.167. The summed E-state index contributed by atoms with van der Waals surface area (Å²) < 4.78 is 16.8. The molecule has 0 bridgehead atoms. The summed E-state index contributed by atoms with van der Waals surface area (Å²) in [6.45, 7) is 6.61. The van der Waals surface area contributed by atoms with E-state index in [-0.39, 0.29) is 31.1 Å². The van der Waals surface area contributed by atoms with Gasteiger partial charge in [-0.05, 0) is 44.9 Å². The van der Waals surface area contributed by atoms with Crippen LogP contribution in [0.4, 0.5) is 0 Å². The minimum Gasteiger partial charge on any atom is -0.462 e. The zero-order valence-electron chi connectivity index (χ0n) is 39.3. The molecule has 0 amide bonds. The van der Waals surface area contributed by atoms with Gasteiger partial charge in [-0.1, -0.05) is 237 Å². The van der Waals surface area contributed by atoms with Crippen molar-refractivity contribution in [3.63, 3.8) is 0 Å². The van der Waals surface area contributed by atoms with Crippen LogP contribution in [-0.4, -0.2) is 37.2 Å². The smallest absolute Gasteiger partial charge is 0.306 e. The van der Waals surface area contributed by atoms with E-state index in [4.69, 9.17) is 14.2 Å². The number of ether oxygens (including phenoxy) is 3. The molecule has 6 nitrogen and oxygen atoms in total. The number of rotatable bonds is 46. The molecule has 0 radical (unpaired) electrons. The van der Waals surface area contributed by atoms with Crippen molar-refractivity contribution in [3.8, 4) is 0 Å². The molecule has 0 saturated carbocycles. The third-order valence-corrected chi connectivity index (χ3v) is 11.2. The van der Waals surface area contributed by atoms with Gasteiger partial charge in [0.05, 0.1) is 0 Å². The molecule has 59 heavy (non-hydrogen) atoms. The fourth-order valence-corrected chi connectivity index (χ4v) is 7.33. The molecule has 1 atom stereocenters. The van der Waals surface area contributed by atoms with Gasteiger partial charge in [0.25, 0.3) is 0 Å². The van der Waals surface area contributed by atoms with E-state index in [0.29, 0.717) is 19.3 Å². The number of allylic oxidation sites excluding steroid dienone is 6. The maximum Gasteiger partial charge on any atom is 0.306 e. The SMILES string of the molecule is CCCCCCC\C=C/C=C\C=C/CCCCCCCC(=O)OCC(COC(=O)CCCCCCCCCCCCC)OC(=O)CCCCCCCCCCCCCC. The highest BCUT2D eigenvalue weighted by Gasteiger charge is 2.19. The zero-order chi connectivity index (χ0) is 43.0. The Kier molecular flexibility index (Phi) is 46.4. The minimum absolute atomic E-state index is 0.0749. The molecule has 0 aromatic rings. The first-order valence-electron chi connectivity index (χ1n) is 25.5. The average molecular weight is 829 g/mol. The van der Waals surface area contributed by atoms with Crippen LogP contribution >= 0.6 is 0 Å². The van der Waals surface area contributed by atoms with E-state index < -0.39 is 6.10 Å². The number of hydrogen-bond acceptors (Lipinski definition) is 6. The van der Waals surface area contributed by atoms with Crippen molar-refractivity contribution in [3.05, 3.63) is 36.5 Å². The first-order chi connectivity index (χ1) is 29.0. The van der Waals surface area contributed by atoms with Gasteiger partial charge in [-0.25, -0.2) is 0 Å². The predicted octanol–water partition coefficient (Wildman–Crippen LogP) is 16.5. The molecule has 0 aromatic heterocycles. The number of carbonyl (C=O) groups is 3. The van der Waals surface area contributed by atoms with Crippen molar-refractivity contribution >= 4 is 17.9 Å². The largest absolute Gasteiger partial charge is 0.462 e. The standard InChI is InChI=1S/C53H96O6/c1-4-7-10-13-16-19-22-24-25-26-27-28-29-32-34-37-40-43-46-52(55)58-49-50(48-57-51(54)45-42-39-36-33-30-21-18-15-12-9-6-3)59-53(56)47-44-41-38-35-31-23-20-17-14-11-8-5-2/h22,24-28,50H,4-21,23,29-49H2,1-3H3/b24-22-,26-25-,28-27-. The van der Waals surface area contributed by atoms with Gasteiger partial charge in [0, 0.05) is 19.3 Å². The van der Waals surface area contributed by atoms with E-state index >= 15 is 0 Å². The van der Waals surface area contributed by atoms with Crippen LogP contribution in [0.5, 0.6) is 0 Å². The molecule has 0 rings (SSSR count). The minimum atomic E-state index is -0.774. The summed E-state index contributed by atoms with van der Waals surface area (Å²) in [7, 11) is 0. The molecular formula is C53H96O6. The summed E-state index contributed by atoms with van der Waals surface area (Å²) in [6.07, 6.45) is 55.5. The highest BCUT2D eigenvalue weighted by atomic mass is 16.6. The molecule has 0 aliphatic rings. The molecule has 0 fully saturated rings. The Hall–Kier alpha value is -2.37. The van der Waals surface area contributed by atoms with Gasteiger partial charge in [0.1, 0.15) is 13.2 Å². The second-order valence-corrected chi connectivity index (χ2v) is 17.2. The molecule has 1 unspecified atom stereocenters. The van der Waals surface area contributed by atoms with Crippen LogP contribution in [0.15, 0.2) is 36.5 Å². The molecule has 0 spiro atoms. The highest BCUT2D eigenvalue weighted by Crippen LogP contribution is 2.15. The Morgan fingerprint density at radius 1 is 0.339 bits per heavy atom. The van der Waals surface area contributed by atoms with Gasteiger partial charge < -0.3 is 14.2 Å². The van der Waals surface area contributed by atoms with Gasteiger partial charge in [-0.15, -0.1) is 0 Å². The molecule has 0 heterocycles. The third kappa shape index (κ3) is 46.5. The van der Waals surface area contributed by atoms with Crippen LogP contribution in [0.1, 0.15) is 265 Å². The van der Waals surface area contributed by atoms with Gasteiger partial charge in [-0.3, -0.25) is 14.4 Å². The van der Waals surface area contributed by atoms with E-state index in [9.17, 15) is 14.4 Å². The molecule has 0 saturated heterocycles. The Bertz CT molecular complexity index is 1000. The fourth-order valence-electron chi connectivity index (χ4n) is 7.33. The molecule has 0 aliphatic carbocycles. The summed E-state index contributed by atoms with van der Waals surface area (Å²) in [5.74, 6) is -0.887. The van der Waals surface area contributed by atoms with Crippen LogP contribution in [0, 0.1) is 0 Å². The van der Waals surface area contributed by atoms with Crippen molar-refractivity contribution in [2.45, 2.75) is 271 Å². The average Bonchev–Trinajstić information content (AvgIpc) is 3.23. The second-order valence-electron chi connectivity index (χ2n) is 17.2. The lowest BCUT2D eigenvalue weighted by atomic mass is 10.0. The summed E-state index contributed by atoms with van der Waals surface area (Å²) >= 11 is 0. The highest BCUT2D eigenvalue weighted by molar-refractivity contribution is 5.71. The van der Waals surface area contributed by atoms with E-state index in [1.165, 1.54) is 148 Å². The number of hydrogen-bond donors (Lipinski definition) is 0. The van der Waals surface area contributed by atoms with Crippen LogP contribution in [0.25, 0.3) is 0 Å². The van der Waals surface area contributed by atoms with E-state index in [0.717, 1.165) is 77.0 Å². The molecule has 344 valence electrons. The summed E-state index contributed by atoms with van der Waals surface area (Å²) in [5, 5.41) is 0. The number of unbranched alkanes of at least 4 members (excludes halogenated alkanes) is 31. The molecular weight excluding hydrogens is 733 g/mol. The van der Waals surface area contributed by atoms with Crippen molar-refractivity contribution in [1.82, 2.24) is 0 Å². The second kappa shape index (κ2) is 48.3. The Morgan fingerprint density at radius 3 is 0.932 bits per heavy atom. The molecule has 0 aliphatic heterocycles. The van der Waals surface area contributed by atoms with Crippen molar-refractivity contribution < 1.29 is 28.6 Å². The third-order valence-electron chi connectivity index (χ3n) is 11.2. The monoisotopic (exact) mass is 829 g/mol. The number of carbonyl (C=O) groups excluding carboxylic acids is 3. The van der Waals surface area contributed by atoms with Gasteiger partial charge in [0.15, 0.2) is 6.10 Å². The molecule has 0 N–H and O–H groups in total. The van der Waals surface area contributed by atoms with Crippen molar-refractivity contribution in [2.24, 2.45) is 0 Å². The Morgan fingerprint density at radius 2 is 0.610 bits per heavy atom. The Labute approximate surface area is 365 Å². The maximum absolute atomic E-state index is 12.7. The first kappa shape index (κ1) is 56.6. The van der Waals surface area contributed by atoms with Crippen LogP contribution in [0.2, 0.25) is 0 Å². The molecule has 0 aromatic carbocycles. The van der Waals surface area contributed by atoms with Crippen LogP contribution < -0.4 is 0 Å². The first-order valence-corrected chi connectivity index (χ1v) is 25.5. The molecule has 6 heteroatoms. The van der Waals surface area contributed by atoms with Gasteiger partial charge >= 0.3 is 17.9 Å². The topological polar surface area (TPSA) is 78.9 Å². The lowest BCUT2D eigenvalue weighted by Gasteiger charge is -2.18. The quantitative estimate of drug-likeness (QED) is 0.0263. The lowest BCUT2D eigenvalue weighted by Crippen LogP contribution is -2.30. The summed E-state index contributed by atoms with van der Waals surface area (Å²) in [5.41, 5.74) is 0. The van der Waals surface area contributed by atoms with E-state index in [2.05, 4.69) is 57.2 Å².